The van der Waals surface area contributed by atoms with Crippen LogP contribution in [-0.4, -0.2) is 61.3 Å². The maximum Gasteiger partial charge on any atom is 0.119 e. The van der Waals surface area contributed by atoms with Crippen LogP contribution >= 0.6 is 0 Å². The van der Waals surface area contributed by atoms with E-state index >= 15 is 0 Å². The van der Waals surface area contributed by atoms with Gasteiger partial charge in [0.25, 0.3) is 0 Å². The largest absolute Gasteiger partial charge is 0.494 e. The second kappa shape index (κ2) is 7.78. The summed E-state index contributed by atoms with van der Waals surface area (Å²) in [5.74, 6) is 1.34. The van der Waals surface area contributed by atoms with Crippen molar-refractivity contribution in [3.63, 3.8) is 0 Å². The molecule has 1 fully saturated rings. The number of ether oxygens (including phenoxy) is 1. The average molecular weight is 292 g/mol. The molecule has 4 nitrogen and oxygen atoms in total. The number of hydrogen-bond acceptors (Lipinski definition) is 4. The molecule has 2 rings (SSSR count). The van der Waals surface area contributed by atoms with E-state index in [1.54, 1.807) is 0 Å². The van der Waals surface area contributed by atoms with Gasteiger partial charge in [-0.2, -0.15) is 0 Å². The van der Waals surface area contributed by atoms with Gasteiger partial charge in [-0.1, -0.05) is 12.1 Å². The van der Waals surface area contributed by atoms with Crippen molar-refractivity contribution in [2.24, 2.45) is 5.92 Å². The Balaban J connectivity index is 1.93. The number of rotatable bonds is 6. The lowest BCUT2D eigenvalue weighted by Crippen LogP contribution is -2.51. The van der Waals surface area contributed by atoms with Crippen molar-refractivity contribution < 1.29 is 9.84 Å². The Morgan fingerprint density at radius 3 is 2.57 bits per heavy atom. The van der Waals surface area contributed by atoms with Crippen LogP contribution in [0.3, 0.4) is 0 Å². The lowest BCUT2D eigenvalue weighted by Gasteiger charge is -2.41. The minimum Gasteiger partial charge on any atom is -0.494 e. The molecule has 1 heterocycles. The van der Waals surface area contributed by atoms with Gasteiger partial charge in [0.05, 0.1) is 6.61 Å². The smallest absolute Gasteiger partial charge is 0.119 e. The Kier molecular flexibility index (Phi) is 6.03. The van der Waals surface area contributed by atoms with Crippen LogP contribution in [0.2, 0.25) is 0 Å². The predicted molar refractivity (Wildman–Crippen MR) is 85.6 cm³/mol. The fraction of sp³-hybridized carbons (Fsp3) is 0.647. The first-order valence-corrected chi connectivity index (χ1v) is 7.85. The van der Waals surface area contributed by atoms with Crippen LogP contribution in [-0.2, 0) is 6.54 Å². The highest BCUT2D eigenvalue weighted by Crippen LogP contribution is 2.22. The molecule has 1 aliphatic heterocycles. The minimum absolute atomic E-state index is 0.291. The van der Waals surface area contributed by atoms with E-state index in [0.717, 1.165) is 31.8 Å². The van der Waals surface area contributed by atoms with Gasteiger partial charge in [0, 0.05) is 25.7 Å². The third-order valence-electron chi connectivity index (χ3n) is 4.34. The Morgan fingerprint density at radius 2 is 2.00 bits per heavy atom. The fourth-order valence-corrected chi connectivity index (χ4v) is 3.10. The first-order chi connectivity index (χ1) is 10.1. The molecule has 1 aliphatic rings. The summed E-state index contributed by atoms with van der Waals surface area (Å²) in [5.41, 5.74) is 1.32. The molecule has 1 saturated heterocycles. The predicted octanol–water partition coefficient (Wildman–Crippen LogP) is 1.83. The third kappa shape index (κ3) is 4.43. The molecule has 1 aromatic rings. The van der Waals surface area contributed by atoms with Crippen LogP contribution in [0.15, 0.2) is 24.3 Å². The zero-order valence-corrected chi connectivity index (χ0v) is 13.5. The Labute approximate surface area is 128 Å². The monoisotopic (exact) mass is 292 g/mol. The zero-order valence-electron chi connectivity index (χ0n) is 13.5. The molecule has 4 heteroatoms. The van der Waals surface area contributed by atoms with Crippen LogP contribution in [0.4, 0.5) is 0 Å². The topological polar surface area (TPSA) is 35.9 Å². The first-order valence-electron chi connectivity index (χ1n) is 7.85. The fourth-order valence-electron chi connectivity index (χ4n) is 3.10. The van der Waals surface area contributed by atoms with E-state index < -0.39 is 0 Å². The molecule has 0 aliphatic carbocycles. The molecule has 0 spiro atoms. The summed E-state index contributed by atoms with van der Waals surface area (Å²) in [7, 11) is 4.21. The lowest BCUT2D eigenvalue weighted by molar-refractivity contribution is 0.0461. The maximum absolute atomic E-state index is 9.51. The second-order valence-corrected chi connectivity index (χ2v) is 6.07. The van der Waals surface area contributed by atoms with Crippen molar-refractivity contribution in [1.29, 1.82) is 0 Å². The van der Waals surface area contributed by atoms with E-state index in [1.807, 2.05) is 19.1 Å². The average Bonchev–Trinajstić information content (AvgIpc) is 2.49. The van der Waals surface area contributed by atoms with Crippen LogP contribution in [0.1, 0.15) is 18.9 Å². The normalized spacial score (nSPS) is 23.5. The van der Waals surface area contributed by atoms with E-state index in [1.165, 1.54) is 5.56 Å². The molecule has 0 aromatic heterocycles. The number of nitrogens with zero attached hydrogens (tertiary/aromatic N) is 2. The van der Waals surface area contributed by atoms with Gasteiger partial charge in [-0.25, -0.2) is 0 Å². The Morgan fingerprint density at radius 1 is 1.29 bits per heavy atom. The minimum atomic E-state index is 0.291. The molecule has 0 unspecified atom stereocenters. The highest BCUT2D eigenvalue weighted by molar-refractivity contribution is 5.27. The van der Waals surface area contributed by atoms with E-state index in [2.05, 4.69) is 36.0 Å². The van der Waals surface area contributed by atoms with E-state index in [0.29, 0.717) is 25.2 Å². The van der Waals surface area contributed by atoms with Crippen molar-refractivity contribution >= 4 is 0 Å². The zero-order chi connectivity index (χ0) is 15.2. The van der Waals surface area contributed by atoms with Crippen molar-refractivity contribution in [2.45, 2.75) is 25.9 Å². The summed E-state index contributed by atoms with van der Waals surface area (Å²) in [6, 6.07) is 8.82. The lowest BCUT2D eigenvalue weighted by atomic mass is 9.91. The van der Waals surface area contributed by atoms with Crippen molar-refractivity contribution in [3.8, 4) is 5.75 Å². The second-order valence-electron chi connectivity index (χ2n) is 6.07. The summed E-state index contributed by atoms with van der Waals surface area (Å²) < 4.78 is 5.48. The molecule has 2 atom stereocenters. The summed E-state index contributed by atoms with van der Waals surface area (Å²) >= 11 is 0. The highest BCUT2D eigenvalue weighted by Gasteiger charge is 2.29. The van der Waals surface area contributed by atoms with E-state index in [4.69, 9.17) is 4.74 Å². The maximum atomic E-state index is 9.51. The summed E-state index contributed by atoms with van der Waals surface area (Å²) in [6.45, 7) is 6.04. The summed E-state index contributed by atoms with van der Waals surface area (Å²) in [5, 5.41) is 9.51. The molecule has 21 heavy (non-hydrogen) atoms. The van der Waals surface area contributed by atoms with E-state index in [9.17, 15) is 5.11 Å². The standard InChI is InChI=1S/C17H28N2O2/c1-4-21-16-7-5-14(6-8-16)11-19-10-9-15(13-20)17(12-19)18(2)3/h5-8,15,17,20H,4,9-13H2,1-3H3/t15-,17-/m1/s1. The number of likely N-dealkylation sites (N-methyl/N-ethyl adjacent to an activating group) is 1. The Bertz CT molecular complexity index is 419. The first kappa shape index (κ1) is 16.3. The Hall–Kier alpha value is -1.10. The number of benzene rings is 1. The number of aliphatic hydroxyl groups excluding tert-OH is 1. The number of hydrogen-bond donors (Lipinski definition) is 1. The van der Waals surface area contributed by atoms with Gasteiger partial charge < -0.3 is 14.7 Å². The molecule has 0 radical (unpaired) electrons. The molecule has 118 valence electrons. The molecular formula is C17H28N2O2. The third-order valence-corrected chi connectivity index (χ3v) is 4.34. The van der Waals surface area contributed by atoms with Crippen LogP contribution in [0, 0.1) is 5.92 Å². The van der Waals surface area contributed by atoms with Crippen LogP contribution < -0.4 is 4.74 Å². The quantitative estimate of drug-likeness (QED) is 0.868. The molecular weight excluding hydrogens is 264 g/mol. The van der Waals surface area contributed by atoms with Gasteiger partial charge >= 0.3 is 0 Å². The number of aliphatic hydroxyl groups is 1. The van der Waals surface area contributed by atoms with Crippen LogP contribution in [0.5, 0.6) is 5.75 Å². The molecule has 0 bridgehead atoms. The highest BCUT2D eigenvalue weighted by atomic mass is 16.5. The summed E-state index contributed by atoms with van der Waals surface area (Å²) in [4.78, 5) is 4.72. The van der Waals surface area contributed by atoms with Gasteiger partial charge in [-0.3, -0.25) is 4.90 Å². The van der Waals surface area contributed by atoms with Crippen LogP contribution in [0.25, 0.3) is 0 Å². The molecule has 0 saturated carbocycles. The van der Waals surface area contributed by atoms with Gasteiger partial charge in [-0.15, -0.1) is 0 Å². The van der Waals surface area contributed by atoms with Crippen molar-refractivity contribution in [2.75, 3.05) is 40.4 Å². The van der Waals surface area contributed by atoms with E-state index in [-0.39, 0.29) is 0 Å². The van der Waals surface area contributed by atoms with Crippen molar-refractivity contribution in [3.05, 3.63) is 29.8 Å². The van der Waals surface area contributed by atoms with Crippen molar-refractivity contribution in [1.82, 2.24) is 9.80 Å². The molecule has 1 aromatic carbocycles. The van der Waals surface area contributed by atoms with Gasteiger partial charge in [-0.05, 0) is 57.6 Å². The van der Waals surface area contributed by atoms with Gasteiger partial charge in [0.2, 0.25) is 0 Å². The number of piperidine rings is 1. The molecule has 1 N–H and O–H groups in total. The van der Waals surface area contributed by atoms with Gasteiger partial charge in [0.1, 0.15) is 5.75 Å². The summed E-state index contributed by atoms with van der Waals surface area (Å²) in [6.07, 6.45) is 1.07. The SMILES string of the molecule is CCOc1ccc(CN2CC[C@H](CO)[C@H](N(C)C)C2)cc1. The van der Waals surface area contributed by atoms with Gasteiger partial charge in [0.15, 0.2) is 0 Å². The number of likely N-dealkylation sites (tertiary alicyclic amines) is 1. The molecule has 0 amide bonds.